The fourth-order valence-electron chi connectivity index (χ4n) is 3.70. The zero-order valence-corrected chi connectivity index (χ0v) is 20.9. The number of carbonyl (C=O) groups is 1. The van der Waals surface area contributed by atoms with Gasteiger partial charge in [0, 0.05) is 0 Å². The Labute approximate surface area is 211 Å². The van der Waals surface area contributed by atoms with Crippen molar-refractivity contribution in [1.82, 2.24) is 0 Å². The number of ether oxygens (including phenoxy) is 2. The number of carbonyl (C=O) groups excluding carboxylic acids is 1. The lowest BCUT2D eigenvalue weighted by atomic mass is 10.1. The van der Waals surface area contributed by atoms with Crippen LogP contribution < -0.4 is 13.8 Å². The van der Waals surface area contributed by atoms with Crippen molar-refractivity contribution in [2.45, 2.75) is 24.8 Å². The molecule has 0 saturated heterocycles. The minimum absolute atomic E-state index is 0.00616. The normalized spacial score (nSPS) is 11.9. The molecule has 1 unspecified atom stereocenters. The summed E-state index contributed by atoms with van der Waals surface area (Å²) in [5, 5.41) is 0. The standard InChI is InChI=1S/C29H27NO5S/c1-3-34-26-20-16-25(17-21-26)30(36(32,33)28-12-8-5-9-13-28)29(31)22(2)35-27-18-14-24(15-19-27)23-10-6-4-7-11-23/h4-22H,3H2,1-2H3. The van der Waals surface area contributed by atoms with Gasteiger partial charge >= 0.3 is 0 Å². The lowest BCUT2D eigenvalue weighted by Gasteiger charge is -2.26. The minimum Gasteiger partial charge on any atom is -0.494 e. The van der Waals surface area contributed by atoms with E-state index < -0.39 is 22.0 Å². The third-order valence-electron chi connectivity index (χ3n) is 5.49. The predicted molar refractivity (Wildman–Crippen MR) is 141 cm³/mol. The van der Waals surface area contributed by atoms with E-state index in [1.165, 1.54) is 19.1 Å². The van der Waals surface area contributed by atoms with Gasteiger partial charge < -0.3 is 9.47 Å². The van der Waals surface area contributed by atoms with Gasteiger partial charge in [-0.2, -0.15) is 4.31 Å². The average Bonchev–Trinajstić information content (AvgIpc) is 2.91. The van der Waals surface area contributed by atoms with Crippen molar-refractivity contribution in [3.8, 4) is 22.6 Å². The molecule has 0 heterocycles. The van der Waals surface area contributed by atoms with Gasteiger partial charge in [0.1, 0.15) is 11.5 Å². The van der Waals surface area contributed by atoms with Crippen LogP contribution in [0.2, 0.25) is 0 Å². The number of nitrogens with zero attached hydrogens (tertiary/aromatic N) is 1. The SMILES string of the molecule is CCOc1ccc(N(C(=O)C(C)Oc2ccc(-c3ccccc3)cc2)S(=O)(=O)c2ccccc2)cc1. The predicted octanol–water partition coefficient (Wildman–Crippen LogP) is 5.94. The van der Waals surface area contributed by atoms with Crippen LogP contribution in [-0.2, 0) is 14.8 Å². The maximum Gasteiger partial charge on any atom is 0.281 e. The smallest absolute Gasteiger partial charge is 0.281 e. The number of rotatable bonds is 9. The van der Waals surface area contributed by atoms with Crippen LogP contribution in [0.1, 0.15) is 13.8 Å². The Balaban J connectivity index is 1.62. The molecule has 0 aliphatic carbocycles. The highest BCUT2D eigenvalue weighted by atomic mass is 32.2. The van der Waals surface area contributed by atoms with Crippen LogP contribution in [0.25, 0.3) is 11.1 Å². The summed E-state index contributed by atoms with van der Waals surface area (Å²) in [4.78, 5) is 13.6. The molecule has 7 heteroatoms. The van der Waals surface area contributed by atoms with Gasteiger partial charge in [-0.1, -0.05) is 60.7 Å². The van der Waals surface area contributed by atoms with Gasteiger partial charge in [0.05, 0.1) is 17.2 Å². The van der Waals surface area contributed by atoms with Gasteiger partial charge in [0.15, 0.2) is 6.10 Å². The summed E-state index contributed by atoms with van der Waals surface area (Å²) < 4.78 is 39.3. The highest BCUT2D eigenvalue weighted by Gasteiger charge is 2.34. The van der Waals surface area contributed by atoms with E-state index in [0.717, 1.165) is 15.4 Å². The second-order valence-electron chi connectivity index (χ2n) is 8.00. The van der Waals surface area contributed by atoms with Crippen molar-refractivity contribution in [1.29, 1.82) is 0 Å². The molecular weight excluding hydrogens is 474 g/mol. The van der Waals surface area contributed by atoms with Crippen molar-refractivity contribution >= 4 is 21.6 Å². The maximum absolute atomic E-state index is 13.6. The van der Waals surface area contributed by atoms with E-state index in [4.69, 9.17) is 9.47 Å². The van der Waals surface area contributed by atoms with Gasteiger partial charge in [0.25, 0.3) is 15.9 Å². The maximum atomic E-state index is 13.6. The first-order valence-corrected chi connectivity index (χ1v) is 13.0. The molecule has 4 aromatic rings. The first-order chi connectivity index (χ1) is 17.4. The molecule has 0 radical (unpaired) electrons. The van der Waals surface area contributed by atoms with Crippen molar-refractivity contribution in [3.63, 3.8) is 0 Å². The van der Waals surface area contributed by atoms with Crippen molar-refractivity contribution in [3.05, 3.63) is 109 Å². The second-order valence-corrected chi connectivity index (χ2v) is 9.78. The molecule has 0 bridgehead atoms. The van der Waals surface area contributed by atoms with Crippen LogP contribution in [-0.4, -0.2) is 27.0 Å². The zero-order chi connectivity index (χ0) is 25.5. The molecule has 6 nitrogen and oxygen atoms in total. The minimum atomic E-state index is -4.20. The Morgan fingerprint density at radius 1 is 0.750 bits per heavy atom. The van der Waals surface area contributed by atoms with Crippen LogP contribution in [0.3, 0.4) is 0 Å². The highest BCUT2D eigenvalue weighted by Crippen LogP contribution is 2.28. The summed E-state index contributed by atoms with van der Waals surface area (Å²) in [5.41, 5.74) is 2.26. The molecule has 0 N–H and O–H groups in total. The third kappa shape index (κ3) is 5.58. The second kappa shape index (κ2) is 11.1. The van der Waals surface area contributed by atoms with E-state index in [-0.39, 0.29) is 10.6 Å². The van der Waals surface area contributed by atoms with Crippen LogP contribution in [0.5, 0.6) is 11.5 Å². The zero-order valence-electron chi connectivity index (χ0n) is 20.1. The monoisotopic (exact) mass is 501 g/mol. The van der Waals surface area contributed by atoms with E-state index in [9.17, 15) is 13.2 Å². The molecule has 0 aromatic heterocycles. The van der Waals surface area contributed by atoms with E-state index in [0.29, 0.717) is 18.1 Å². The van der Waals surface area contributed by atoms with E-state index in [1.54, 1.807) is 54.6 Å². The molecular formula is C29H27NO5S. The number of hydrogen-bond donors (Lipinski definition) is 0. The molecule has 0 spiro atoms. The summed E-state index contributed by atoms with van der Waals surface area (Å²) in [6.07, 6.45) is -1.07. The van der Waals surface area contributed by atoms with Crippen molar-refractivity contribution in [2.75, 3.05) is 10.9 Å². The first-order valence-electron chi connectivity index (χ1n) is 11.6. The Bertz CT molecular complexity index is 1390. The molecule has 36 heavy (non-hydrogen) atoms. The molecule has 1 atom stereocenters. The van der Waals surface area contributed by atoms with Crippen LogP contribution in [0.4, 0.5) is 5.69 Å². The Hall–Kier alpha value is -4.10. The molecule has 4 aromatic carbocycles. The van der Waals surface area contributed by atoms with Crippen molar-refractivity contribution < 1.29 is 22.7 Å². The molecule has 0 saturated carbocycles. The van der Waals surface area contributed by atoms with Gasteiger partial charge in [-0.05, 0) is 73.5 Å². The Morgan fingerprint density at radius 3 is 1.86 bits per heavy atom. The number of sulfonamides is 1. The summed E-state index contributed by atoms with van der Waals surface area (Å²) in [5.74, 6) is 0.322. The van der Waals surface area contributed by atoms with E-state index in [1.807, 2.05) is 49.4 Å². The number of amides is 1. The molecule has 1 amide bonds. The summed E-state index contributed by atoms with van der Waals surface area (Å²) in [7, 11) is -4.20. The van der Waals surface area contributed by atoms with E-state index >= 15 is 0 Å². The topological polar surface area (TPSA) is 72.9 Å². The number of benzene rings is 4. The lowest BCUT2D eigenvalue weighted by molar-refractivity contribution is -0.123. The molecule has 0 aliphatic rings. The number of anilines is 1. The third-order valence-corrected chi connectivity index (χ3v) is 7.23. The fourth-order valence-corrected chi connectivity index (χ4v) is 5.20. The van der Waals surface area contributed by atoms with Crippen LogP contribution in [0, 0.1) is 0 Å². The first kappa shape index (κ1) is 25.0. The summed E-state index contributed by atoms with van der Waals surface area (Å²) >= 11 is 0. The number of hydrogen-bond acceptors (Lipinski definition) is 5. The summed E-state index contributed by atoms with van der Waals surface area (Å²) in [6, 6.07) is 31.4. The molecule has 4 rings (SSSR count). The van der Waals surface area contributed by atoms with Crippen LogP contribution in [0.15, 0.2) is 114 Å². The van der Waals surface area contributed by atoms with Gasteiger partial charge in [-0.3, -0.25) is 4.79 Å². The Kier molecular flexibility index (Phi) is 7.71. The summed E-state index contributed by atoms with van der Waals surface area (Å²) in [6.45, 7) is 3.86. The largest absolute Gasteiger partial charge is 0.494 e. The van der Waals surface area contributed by atoms with E-state index in [2.05, 4.69) is 0 Å². The molecule has 0 fully saturated rings. The van der Waals surface area contributed by atoms with Crippen LogP contribution >= 0.6 is 0 Å². The molecule has 184 valence electrons. The molecule has 0 aliphatic heterocycles. The average molecular weight is 502 g/mol. The van der Waals surface area contributed by atoms with Gasteiger partial charge in [-0.25, -0.2) is 8.42 Å². The quantitative estimate of drug-likeness (QED) is 0.284. The van der Waals surface area contributed by atoms with Gasteiger partial charge in [0.2, 0.25) is 0 Å². The lowest BCUT2D eigenvalue weighted by Crippen LogP contribution is -2.44. The Morgan fingerprint density at radius 2 is 1.28 bits per heavy atom. The highest BCUT2D eigenvalue weighted by molar-refractivity contribution is 7.93. The van der Waals surface area contributed by atoms with Gasteiger partial charge in [-0.15, -0.1) is 0 Å². The fraction of sp³-hybridized carbons (Fsp3) is 0.138. The van der Waals surface area contributed by atoms with Crippen molar-refractivity contribution in [2.24, 2.45) is 0 Å².